The molecule has 1 fully saturated rings. The van der Waals surface area contributed by atoms with E-state index in [1.807, 2.05) is 25.7 Å². The third-order valence-electron chi connectivity index (χ3n) is 5.94. The van der Waals surface area contributed by atoms with Gasteiger partial charge in [0.1, 0.15) is 11.6 Å². The van der Waals surface area contributed by atoms with Crippen LogP contribution in [0, 0.1) is 11.2 Å². The minimum Gasteiger partial charge on any atom is -0.334 e. The van der Waals surface area contributed by atoms with Crippen molar-refractivity contribution in [3.8, 4) is 0 Å². The van der Waals surface area contributed by atoms with E-state index in [9.17, 15) is 18.8 Å². The number of benzene rings is 1. The average molecular weight is 426 g/mol. The molecule has 2 amide bonds. The maximum absolute atomic E-state index is 13.1. The molecule has 2 aliphatic rings. The molecule has 0 spiro atoms. The van der Waals surface area contributed by atoms with Crippen molar-refractivity contribution >= 4 is 11.8 Å². The van der Waals surface area contributed by atoms with Crippen LogP contribution in [0.2, 0.25) is 0 Å². The van der Waals surface area contributed by atoms with E-state index in [4.69, 9.17) is 4.98 Å². The van der Waals surface area contributed by atoms with E-state index in [2.05, 4.69) is 4.98 Å². The molecule has 7 nitrogen and oxygen atoms in total. The number of likely N-dealkylation sites (tertiary alicyclic amines) is 1. The van der Waals surface area contributed by atoms with Crippen molar-refractivity contribution < 1.29 is 14.0 Å². The minimum atomic E-state index is -0.502. The minimum absolute atomic E-state index is 0.0476. The summed E-state index contributed by atoms with van der Waals surface area (Å²) < 4.78 is 13.1. The fourth-order valence-electron chi connectivity index (χ4n) is 4.28. The van der Waals surface area contributed by atoms with Gasteiger partial charge in [0, 0.05) is 30.5 Å². The van der Waals surface area contributed by atoms with Crippen LogP contribution >= 0.6 is 0 Å². The van der Waals surface area contributed by atoms with Gasteiger partial charge in [0.2, 0.25) is 5.91 Å². The number of aromatic nitrogens is 2. The number of nitrogens with zero attached hydrogens (tertiary/aromatic N) is 3. The molecule has 2 aromatic rings. The third-order valence-corrected chi connectivity index (χ3v) is 5.94. The van der Waals surface area contributed by atoms with Crippen molar-refractivity contribution in [2.24, 2.45) is 5.41 Å². The summed E-state index contributed by atoms with van der Waals surface area (Å²) in [6.07, 6.45) is 2.09. The Morgan fingerprint density at radius 1 is 1.16 bits per heavy atom. The standard InChI is InChI=1S/C23H27FN4O3/c1-23(2,3)22(31)28-11-4-5-18(28)19-25-17-10-12-27(13-16(17)20(29)26-19)21(30)14-6-8-15(24)9-7-14/h6-9,18H,4-5,10-13H2,1-3H3,(H,25,26,29)/t18-/m0/s1. The highest BCUT2D eigenvalue weighted by molar-refractivity contribution is 5.94. The SMILES string of the molecule is CC(C)(C)C(=O)N1CCC[C@H]1c1nc2c(c(=O)[nH]1)CN(C(=O)c1ccc(F)cc1)CC2. The normalized spacial score (nSPS) is 18.8. The predicted octanol–water partition coefficient (Wildman–Crippen LogP) is 2.82. The second kappa shape index (κ2) is 7.90. The fraction of sp³-hybridized carbons (Fsp3) is 0.478. The van der Waals surface area contributed by atoms with Crippen LogP contribution < -0.4 is 5.56 Å². The van der Waals surface area contributed by atoms with Gasteiger partial charge in [-0.3, -0.25) is 14.4 Å². The summed E-state index contributed by atoms with van der Waals surface area (Å²) in [4.78, 5) is 49.4. The molecule has 1 aromatic carbocycles. The number of amides is 2. The second-order valence-corrected chi connectivity index (χ2v) is 9.27. The maximum atomic E-state index is 13.1. The third kappa shape index (κ3) is 4.11. The molecule has 1 aromatic heterocycles. The maximum Gasteiger partial charge on any atom is 0.256 e. The van der Waals surface area contributed by atoms with E-state index in [-0.39, 0.29) is 30.0 Å². The number of aromatic amines is 1. The Bertz CT molecular complexity index is 1070. The monoisotopic (exact) mass is 426 g/mol. The Morgan fingerprint density at radius 2 is 1.87 bits per heavy atom. The molecule has 0 aliphatic carbocycles. The lowest BCUT2D eigenvalue weighted by molar-refractivity contribution is -0.140. The van der Waals surface area contributed by atoms with Crippen molar-refractivity contribution in [1.82, 2.24) is 19.8 Å². The van der Waals surface area contributed by atoms with Crippen LogP contribution in [-0.2, 0) is 17.8 Å². The molecular formula is C23H27FN4O3. The van der Waals surface area contributed by atoms with E-state index in [0.717, 1.165) is 12.8 Å². The lowest BCUT2D eigenvalue weighted by Gasteiger charge is -2.31. The number of H-pyrrole nitrogens is 1. The molecule has 0 saturated carbocycles. The summed E-state index contributed by atoms with van der Waals surface area (Å²) >= 11 is 0. The summed E-state index contributed by atoms with van der Waals surface area (Å²) in [5, 5.41) is 0. The largest absolute Gasteiger partial charge is 0.334 e. The Labute approximate surface area is 180 Å². The number of halogens is 1. The highest BCUT2D eigenvalue weighted by atomic mass is 19.1. The zero-order chi connectivity index (χ0) is 22.3. The molecule has 0 bridgehead atoms. The van der Waals surface area contributed by atoms with Gasteiger partial charge in [0.05, 0.1) is 23.8 Å². The van der Waals surface area contributed by atoms with Crippen LogP contribution in [0.3, 0.4) is 0 Å². The summed E-state index contributed by atoms with van der Waals surface area (Å²) in [7, 11) is 0. The lowest BCUT2D eigenvalue weighted by Crippen LogP contribution is -2.42. The second-order valence-electron chi connectivity index (χ2n) is 9.27. The van der Waals surface area contributed by atoms with Crippen molar-refractivity contribution in [3.63, 3.8) is 0 Å². The topological polar surface area (TPSA) is 86.4 Å². The van der Waals surface area contributed by atoms with Gasteiger partial charge in [-0.15, -0.1) is 0 Å². The van der Waals surface area contributed by atoms with Gasteiger partial charge in [-0.25, -0.2) is 9.37 Å². The van der Waals surface area contributed by atoms with Crippen LogP contribution in [0.5, 0.6) is 0 Å². The molecule has 3 heterocycles. The molecule has 1 saturated heterocycles. The molecule has 164 valence electrons. The lowest BCUT2D eigenvalue weighted by atomic mass is 9.94. The molecule has 8 heteroatoms. The zero-order valence-corrected chi connectivity index (χ0v) is 18.1. The molecule has 0 unspecified atom stereocenters. The van der Waals surface area contributed by atoms with Gasteiger partial charge in [-0.05, 0) is 37.1 Å². The van der Waals surface area contributed by atoms with E-state index >= 15 is 0 Å². The smallest absolute Gasteiger partial charge is 0.256 e. The van der Waals surface area contributed by atoms with Crippen LogP contribution in [0.25, 0.3) is 0 Å². The first-order valence-electron chi connectivity index (χ1n) is 10.6. The summed E-state index contributed by atoms with van der Waals surface area (Å²) in [6.45, 7) is 6.90. The van der Waals surface area contributed by atoms with Crippen LogP contribution in [0.1, 0.15) is 67.1 Å². The number of hydrogen-bond donors (Lipinski definition) is 1. The Kier molecular flexibility index (Phi) is 5.41. The first kappa shape index (κ1) is 21.2. The average Bonchev–Trinajstić information content (AvgIpc) is 3.22. The summed E-state index contributed by atoms with van der Waals surface area (Å²) in [6, 6.07) is 5.15. The van der Waals surface area contributed by atoms with E-state index in [1.165, 1.54) is 24.3 Å². The van der Waals surface area contributed by atoms with Crippen LogP contribution in [0.4, 0.5) is 4.39 Å². The van der Waals surface area contributed by atoms with Crippen molar-refractivity contribution in [3.05, 3.63) is 63.1 Å². The molecule has 4 rings (SSSR count). The molecule has 0 radical (unpaired) electrons. The fourth-order valence-corrected chi connectivity index (χ4v) is 4.28. The van der Waals surface area contributed by atoms with Crippen molar-refractivity contribution in [2.45, 2.75) is 52.6 Å². The Balaban J connectivity index is 1.57. The zero-order valence-electron chi connectivity index (χ0n) is 18.1. The van der Waals surface area contributed by atoms with Gasteiger partial charge in [-0.2, -0.15) is 0 Å². The quantitative estimate of drug-likeness (QED) is 0.800. The molecule has 2 aliphatic heterocycles. The van der Waals surface area contributed by atoms with E-state index < -0.39 is 11.2 Å². The predicted molar refractivity (Wildman–Crippen MR) is 113 cm³/mol. The number of rotatable bonds is 2. The van der Waals surface area contributed by atoms with Gasteiger partial charge in [0.15, 0.2) is 0 Å². The number of carbonyl (C=O) groups is 2. The van der Waals surface area contributed by atoms with Crippen LogP contribution in [-0.4, -0.2) is 44.7 Å². The highest BCUT2D eigenvalue weighted by Crippen LogP contribution is 2.34. The highest BCUT2D eigenvalue weighted by Gasteiger charge is 2.37. The van der Waals surface area contributed by atoms with Gasteiger partial charge >= 0.3 is 0 Å². The molecule has 31 heavy (non-hydrogen) atoms. The Hall–Kier alpha value is -3.03. The van der Waals surface area contributed by atoms with Gasteiger partial charge in [0.25, 0.3) is 11.5 Å². The molecule has 1 N–H and O–H groups in total. The summed E-state index contributed by atoms with van der Waals surface area (Å²) in [5.41, 5.74) is 0.757. The van der Waals surface area contributed by atoms with Crippen molar-refractivity contribution in [1.29, 1.82) is 0 Å². The van der Waals surface area contributed by atoms with Gasteiger partial charge in [-0.1, -0.05) is 20.8 Å². The van der Waals surface area contributed by atoms with E-state index in [0.29, 0.717) is 42.2 Å². The first-order valence-corrected chi connectivity index (χ1v) is 10.6. The summed E-state index contributed by atoms with van der Waals surface area (Å²) in [5.74, 6) is -0.0740. The number of fused-ring (bicyclic) bond motifs is 1. The van der Waals surface area contributed by atoms with E-state index in [1.54, 1.807) is 4.90 Å². The van der Waals surface area contributed by atoms with Crippen LogP contribution in [0.15, 0.2) is 29.1 Å². The molecule has 1 atom stereocenters. The molecular weight excluding hydrogens is 399 g/mol. The number of carbonyl (C=O) groups excluding carboxylic acids is 2. The first-order chi connectivity index (χ1) is 14.6. The number of nitrogens with one attached hydrogen (secondary N) is 1. The van der Waals surface area contributed by atoms with Crippen molar-refractivity contribution in [2.75, 3.05) is 13.1 Å². The van der Waals surface area contributed by atoms with Gasteiger partial charge < -0.3 is 14.8 Å². The number of hydrogen-bond acceptors (Lipinski definition) is 4. The Morgan fingerprint density at radius 3 is 2.55 bits per heavy atom.